The van der Waals surface area contributed by atoms with Gasteiger partial charge >= 0.3 is 5.97 Å². The average molecular weight is 286 g/mol. The fraction of sp³-hybridized carbons (Fsp3) is 0.286. The largest absolute Gasteiger partial charge is 0.464 e. The van der Waals surface area contributed by atoms with Crippen LogP contribution in [-0.2, 0) is 17.7 Å². The van der Waals surface area contributed by atoms with Crippen molar-refractivity contribution in [3.05, 3.63) is 47.3 Å². The minimum atomic E-state index is -0.659. The van der Waals surface area contributed by atoms with Gasteiger partial charge in [0.05, 0.1) is 19.7 Å². The van der Waals surface area contributed by atoms with E-state index in [-0.39, 0.29) is 23.3 Å². The minimum absolute atomic E-state index is 0.0480. The molecule has 0 aliphatic carbocycles. The molecule has 1 aromatic carbocycles. The first-order chi connectivity index (χ1) is 10.2. The molecule has 0 radical (unpaired) electrons. The Morgan fingerprint density at radius 2 is 2.19 bits per heavy atom. The smallest absolute Gasteiger partial charge is 0.361 e. The van der Waals surface area contributed by atoms with E-state index in [1.54, 1.807) is 0 Å². The van der Waals surface area contributed by atoms with E-state index in [0.717, 1.165) is 5.56 Å². The molecular weight excluding hydrogens is 272 g/mol. The van der Waals surface area contributed by atoms with Crippen LogP contribution < -0.4 is 5.32 Å². The first-order valence-electron chi connectivity index (χ1n) is 6.55. The second kappa shape index (κ2) is 5.35. The highest BCUT2D eigenvalue weighted by Crippen LogP contribution is 2.15. The predicted octanol–water partition coefficient (Wildman–Crippen LogP) is 0.419. The zero-order valence-corrected chi connectivity index (χ0v) is 11.4. The van der Waals surface area contributed by atoms with Crippen LogP contribution in [0.3, 0.4) is 0 Å². The van der Waals surface area contributed by atoms with Gasteiger partial charge in [0.25, 0.3) is 5.91 Å². The molecule has 1 aliphatic rings. The molecule has 0 saturated carbocycles. The van der Waals surface area contributed by atoms with Crippen LogP contribution in [0.4, 0.5) is 0 Å². The van der Waals surface area contributed by atoms with E-state index in [1.165, 1.54) is 11.8 Å². The number of methoxy groups -OCH3 is 1. The molecule has 21 heavy (non-hydrogen) atoms. The van der Waals surface area contributed by atoms with Crippen molar-refractivity contribution >= 4 is 11.9 Å². The van der Waals surface area contributed by atoms with E-state index in [2.05, 4.69) is 20.4 Å². The van der Waals surface area contributed by atoms with Crippen LogP contribution in [0.15, 0.2) is 30.3 Å². The summed E-state index contributed by atoms with van der Waals surface area (Å²) >= 11 is 0. The van der Waals surface area contributed by atoms with E-state index in [4.69, 9.17) is 0 Å². The van der Waals surface area contributed by atoms with Gasteiger partial charge in [0.1, 0.15) is 0 Å². The molecule has 7 heteroatoms. The van der Waals surface area contributed by atoms with Crippen LogP contribution in [0.1, 0.15) is 26.5 Å². The van der Waals surface area contributed by atoms with E-state index in [9.17, 15) is 9.59 Å². The monoisotopic (exact) mass is 286 g/mol. The van der Waals surface area contributed by atoms with Crippen molar-refractivity contribution in [3.8, 4) is 0 Å². The molecule has 1 aromatic heterocycles. The Morgan fingerprint density at radius 1 is 1.43 bits per heavy atom. The topological polar surface area (TPSA) is 86.1 Å². The van der Waals surface area contributed by atoms with Gasteiger partial charge in [-0.1, -0.05) is 35.5 Å². The third kappa shape index (κ3) is 2.49. The van der Waals surface area contributed by atoms with Crippen molar-refractivity contribution in [2.24, 2.45) is 0 Å². The molecule has 7 nitrogen and oxygen atoms in total. The number of nitrogens with zero attached hydrogens (tertiary/aromatic N) is 3. The summed E-state index contributed by atoms with van der Waals surface area (Å²) in [7, 11) is 1.24. The molecule has 1 N–H and O–H groups in total. The summed E-state index contributed by atoms with van der Waals surface area (Å²) in [6, 6.07) is 9.78. The number of benzene rings is 1. The van der Waals surface area contributed by atoms with Crippen molar-refractivity contribution in [2.45, 2.75) is 19.0 Å². The van der Waals surface area contributed by atoms with Gasteiger partial charge in [-0.05, 0) is 12.0 Å². The highest BCUT2D eigenvalue weighted by molar-refractivity contribution is 6.03. The SMILES string of the molecule is COC(=O)c1nnn2c1C(=O)N[C@@H](Cc1ccccc1)C2. The normalized spacial score (nSPS) is 17.0. The van der Waals surface area contributed by atoms with E-state index in [1.807, 2.05) is 30.3 Å². The summed E-state index contributed by atoms with van der Waals surface area (Å²) in [5.74, 6) is -1.01. The van der Waals surface area contributed by atoms with Crippen molar-refractivity contribution in [1.82, 2.24) is 20.3 Å². The Hall–Kier alpha value is -2.70. The maximum atomic E-state index is 12.2. The average Bonchev–Trinajstić information content (AvgIpc) is 2.92. The van der Waals surface area contributed by atoms with Gasteiger partial charge in [-0.15, -0.1) is 5.10 Å². The minimum Gasteiger partial charge on any atom is -0.464 e. The second-order valence-corrected chi connectivity index (χ2v) is 4.82. The van der Waals surface area contributed by atoms with E-state index < -0.39 is 5.97 Å². The molecule has 0 spiro atoms. The van der Waals surface area contributed by atoms with Crippen molar-refractivity contribution in [2.75, 3.05) is 7.11 Å². The molecule has 1 atom stereocenters. The van der Waals surface area contributed by atoms with Crippen LogP contribution in [-0.4, -0.2) is 40.0 Å². The van der Waals surface area contributed by atoms with Gasteiger partial charge in [0.2, 0.25) is 5.69 Å². The lowest BCUT2D eigenvalue weighted by atomic mass is 10.0. The van der Waals surface area contributed by atoms with Gasteiger partial charge in [-0.3, -0.25) is 4.79 Å². The third-order valence-corrected chi connectivity index (χ3v) is 3.38. The zero-order valence-electron chi connectivity index (χ0n) is 11.4. The van der Waals surface area contributed by atoms with Crippen molar-refractivity contribution < 1.29 is 14.3 Å². The predicted molar refractivity (Wildman–Crippen MR) is 72.8 cm³/mol. The molecular formula is C14H14N4O3. The highest BCUT2D eigenvalue weighted by Gasteiger charge is 2.32. The number of amides is 1. The second-order valence-electron chi connectivity index (χ2n) is 4.82. The first kappa shape index (κ1) is 13.3. The number of carbonyl (C=O) groups excluding carboxylic acids is 2. The van der Waals surface area contributed by atoms with Crippen LogP contribution in [0, 0.1) is 0 Å². The highest BCUT2D eigenvalue weighted by atomic mass is 16.5. The fourth-order valence-corrected chi connectivity index (χ4v) is 2.42. The maximum absolute atomic E-state index is 12.2. The Bertz CT molecular complexity index is 681. The molecule has 2 heterocycles. The van der Waals surface area contributed by atoms with Crippen molar-refractivity contribution in [3.63, 3.8) is 0 Å². The first-order valence-corrected chi connectivity index (χ1v) is 6.55. The van der Waals surface area contributed by atoms with Gasteiger partial charge < -0.3 is 10.1 Å². The molecule has 0 saturated heterocycles. The molecule has 1 amide bonds. The number of carbonyl (C=O) groups is 2. The van der Waals surface area contributed by atoms with Crippen LogP contribution in [0.25, 0.3) is 0 Å². The molecule has 0 bridgehead atoms. The Morgan fingerprint density at radius 3 is 2.90 bits per heavy atom. The standard InChI is InChI=1S/C14H14N4O3/c1-21-14(20)11-12-13(19)15-10(8-18(12)17-16-11)7-9-5-3-2-4-6-9/h2-6,10H,7-8H2,1H3,(H,15,19)/t10-/m0/s1. The summed E-state index contributed by atoms with van der Waals surface area (Å²) in [4.78, 5) is 23.7. The summed E-state index contributed by atoms with van der Waals surface area (Å²) in [5, 5.41) is 10.5. The van der Waals surface area contributed by atoms with Crippen LogP contribution >= 0.6 is 0 Å². The van der Waals surface area contributed by atoms with E-state index in [0.29, 0.717) is 13.0 Å². The fourth-order valence-electron chi connectivity index (χ4n) is 2.42. The Labute approximate surface area is 120 Å². The van der Waals surface area contributed by atoms with Gasteiger partial charge in [-0.2, -0.15) is 0 Å². The summed E-state index contributed by atoms with van der Waals surface area (Å²) in [6.07, 6.45) is 0.694. The lowest BCUT2D eigenvalue weighted by molar-refractivity contribution is 0.0588. The Balaban J connectivity index is 1.82. The Kier molecular flexibility index (Phi) is 3.39. The molecule has 0 fully saturated rings. The summed E-state index contributed by atoms with van der Waals surface area (Å²) < 4.78 is 6.05. The number of rotatable bonds is 3. The molecule has 2 aromatic rings. The molecule has 108 valence electrons. The van der Waals surface area contributed by atoms with Gasteiger partial charge in [0, 0.05) is 0 Å². The number of hydrogen-bond donors (Lipinski definition) is 1. The number of ether oxygens (including phenoxy) is 1. The van der Waals surface area contributed by atoms with Crippen LogP contribution in [0.5, 0.6) is 0 Å². The van der Waals surface area contributed by atoms with Gasteiger partial charge in [-0.25, -0.2) is 9.48 Å². The summed E-state index contributed by atoms with van der Waals surface area (Å²) in [6.45, 7) is 0.472. The van der Waals surface area contributed by atoms with E-state index >= 15 is 0 Å². The number of nitrogens with one attached hydrogen (secondary N) is 1. The summed E-state index contributed by atoms with van der Waals surface area (Å²) in [5.41, 5.74) is 1.24. The zero-order chi connectivity index (χ0) is 14.8. The molecule has 1 aliphatic heterocycles. The lowest BCUT2D eigenvalue weighted by Crippen LogP contribution is -2.46. The molecule has 3 rings (SSSR count). The number of fused-ring (bicyclic) bond motifs is 1. The van der Waals surface area contributed by atoms with Crippen LogP contribution in [0.2, 0.25) is 0 Å². The third-order valence-electron chi connectivity index (χ3n) is 3.38. The quantitative estimate of drug-likeness (QED) is 0.826. The number of esters is 1. The number of hydrogen-bond acceptors (Lipinski definition) is 5. The van der Waals surface area contributed by atoms with Crippen molar-refractivity contribution in [1.29, 1.82) is 0 Å². The number of aromatic nitrogens is 3. The lowest BCUT2D eigenvalue weighted by Gasteiger charge is -2.24. The molecule has 0 unspecified atom stereocenters. The van der Waals surface area contributed by atoms with Gasteiger partial charge in [0.15, 0.2) is 5.69 Å². The maximum Gasteiger partial charge on any atom is 0.361 e.